The maximum atomic E-state index is 13.4. The SMILES string of the molecule is CN(C)Cc1cn2c(=O)n(C)cc(-c3ccc(F)c(Cl)c3)c2n1. The number of halogens is 2. The third kappa shape index (κ3) is 2.87. The minimum atomic E-state index is -0.479. The molecule has 3 rings (SSSR count). The Bertz CT molecular complexity index is 945. The second-order valence-electron chi connectivity index (χ2n) is 5.73. The van der Waals surface area contributed by atoms with Crippen molar-refractivity contribution in [3.8, 4) is 11.1 Å². The number of rotatable bonds is 3. The Kier molecular flexibility index (Phi) is 3.95. The maximum Gasteiger partial charge on any atom is 0.333 e. The van der Waals surface area contributed by atoms with Gasteiger partial charge < -0.3 is 9.47 Å². The van der Waals surface area contributed by atoms with Crippen molar-refractivity contribution in [2.75, 3.05) is 14.1 Å². The molecule has 0 saturated heterocycles. The Morgan fingerprint density at radius 3 is 2.70 bits per heavy atom. The minimum absolute atomic E-state index is 0.0366. The van der Waals surface area contributed by atoms with Crippen molar-refractivity contribution in [3.63, 3.8) is 0 Å². The molecule has 120 valence electrons. The zero-order valence-electron chi connectivity index (χ0n) is 13.0. The van der Waals surface area contributed by atoms with Gasteiger partial charge in [-0.1, -0.05) is 17.7 Å². The van der Waals surface area contributed by atoms with Crippen LogP contribution in [0.4, 0.5) is 4.39 Å². The lowest BCUT2D eigenvalue weighted by Gasteiger charge is -2.07. The number of aryl methyl sites for hydroxylation is 1. The predicted octanol–water partition coefficient (Wildman–Crippen LogP) is 2.55. The molecular weight excluding hydrogens is 319 g/mol. The van der Waals surface area contributed by atoms with Crippen LogP contribution in [0.2, 0.25) is 5.02 Å². The van der Waals surface area contributed by atoms with Crippen molar-refractivity contribution in [1.29, 1.82) is 0 Å². The van der Waals surface area contributed by atoms with Gasteiger partial charge in [0, 0.05) is 31.5 Å². The quantitative estimate of drug-likeness (QED) is 0.739. The zero-order valence-corrected chi connectivity index (χ0v) is 13.8. The van der Waals surface area contributed by atoms with Gasteiger partial charge in [-0.3, -0.25) is 4.40 Å². The number of nitrogens with zero attached hydrogens (tertiary/aromatic N) is 4. The van der Waals surface area contributed by atoms with E-state index in [-0.39, 0.29) is 10.7 Å². The first kappa shape index (κ1) is 15.7. The van der Waals surface area contributed by atoms with E-state index >= 15 is 0 Å². The topological polar surface area (TPSA) is 42.5 Å². The van der Waals surface area contributed by atoms with Crippen LogP contribution in [-0.2, 0) is 13.6 Å². The highest BCUT2D eigenvalue weighted by atomic mass is 35.5. The lowest BCUT2D eigenvalue weighted by molar-refractivity contribution is 0.398. The van der Waals surface area contributed by atoms with Crippen LogP contribution >= 0.6 is 11.6 Å². The molecular formula is C16H16ClFN4O. The normalized spacial score (nSPS) is 11.6. The Morgan fingerprint density at radius 2 is 2.04 bits per heavy atom. The molecule has 0 saturated carbocycles. The van der Waals surface area contributed by atoms with Crippen molar-refractivity contribution in [2.24, 2.45) is 7.05 Å². The molecule has 0 bridgehead atoms. The van der Waals surface area contributed by atoms with Crippen molar-refractivity contribution in [2.45, 2.75) is 6.54 Å². The first-order valence-corrected chi connectivity index (χ1v) is 7.42. The summed E-state index contributed by atoms with van der Waals surface area (Å²) >= 11 is 5.88. The van der Waals surface area contributed by atoms with Crippen LogP contribution in [0.15, 0.2) is 35.4 Å². The molecule has 0 aliphatic rings. The van der Waals surface area contributed by atoms with Gasteiger partial charge in [-0.05, 0) is 31.8 Å². The van der Waals surface area contributed by atoms with E-state index in [1.54, 1.807) is 25.5 Å². The van der Waals surface area contributed by atoms with Crippen LogP contribution in [0.3, 0.4) is 0 Å². The molecule has 0 N–H and O–H groups in total. The van der Waals surface area contributed by atoms with Gasteiger partial charge in [-0.25, -0.2) is 14.2 Å². The Balaban J connectivity index is 2.27. The number of benzene rings is 1. The molecule has 0 aliphatic carbocycles. The van der Waals surface area contributed by atoms with E-state index in [1.165, 1.54) is 21.1 Å². The molecule has 2 heterocycles. The first-order valence-electron chi connectivity index (χ1n) is 7.04. The smallest absolute Gasteiger partial charge is 0.304 e. The Labute approximate surface area is 137 Å². The zero-order chi connectivity index (χ0) is 16.7. The third-order valence-electron chi connectivity index (χ3n) is 3.54. The second kappa shape index (κ2) is 5.79. The molecule has 1 aromatic carbocycles. The first-order chi connectivity index (χ1) is 10.9. The van der Waals surface area contributed by atoms with Gasteiger partial charge in [0.05, 0.1) is 10.7 Å². The highest BCUT2D eigenvalue weighted by Crippen LogP contribution is 2.27. The highest BCUT2D eigenvalue weighted by molar-refractivity contribution is 6.31. The molecule has 0 aliphatic heterocycles. The van der Waals surface area contributed by atoms with Crippen molar-refractivity contribution in [1.82, 2.24) is 18.9 Å². The van der Waals surface area contributed by atoms with Gasteiger partial charge >= 0.3 is 5.69 Å². The van der Waals surface area contributed by atoms with E-state index in [0.29, 0.717) is 17.8 Å². The van der Waals surface area contributed by atoms with Gasteiger partial charge in [-0.15, -0.1) is 0 Å². The predicted molar refractivity (Wildman–Crippen MR) is 88.2 cm³/mol. The number of imidazole rings is 1. The van der Waals surface area contributed by atoms with Gasteiger partial charge in [0.15, 0.2) is 5.65 Å². The van der Waals surface area contributed by atoms with Crippen LogP contribution in [0.1, 0.15) is 5.69 Å². The fraction of sp³-hybridized carbons (Fsp3) is 0.250. The van der Waals surface area contributed by atoms with Gasteiger partial charge in [0.1, 0.15) is 5.82 Å². The summed E-state index contributed by atoms with van der Waals surface area (Å²) in [7, 11) is 5.54. The fourth-order valence-electron chi connectivity index (χ4n) is 2.51. The fourth-order valence-corrected chi connectivity index (χ4v) is 2.69. The molecule has 0 amide bonds. The van der Waals surface area contributed by atoms with Crippen LogP contribution < -0.4 is 5.69 Å². The van der Waals surface area contributed by atoms with E-state index in [4.69, 9.17) is 11.6 Å². The van der Waals surface area contributed by atoms with Crippen LogP contribution in [0.5, 0.6) is 0 Å². The third-order valence-corrected chi connectivity index (χ3v) is 3.83. The van der Waals surface area contributed by atoms with Crippen LogP contribution in [0, 0.1) is 5.82 Å². The van der Waals surface area contributed by atoms with Gasteiger partial charge in [0.2, 0.25) is 0 Å². The average Bonchev–Trinajstić information content (AvgIpc) is 2.89. The Hall–Kier alpha value is -2.18. The lowest BCUT2D eigenvalue weighted by atomic mass is 10.1. The van der Waals surface area contributed by atoms with Gasteiger partial charge in [-0.2, -0.15) is 0 Å². The summed E-state index contributed by atoms with van der Waals surface area (Å²) < 4.78 is 16.4. The van der Waals surface area contributed by atoms with Crippen molar-refractivity contribution in [3.05, 3.63) is 57.6 Å². The summed E-state index contributed by atoms with van der Waals surface area (Å²) in [6.07, 6.45) is 3.42. The van der Waals surface area contributed by atoms with E-state index in [0.717, 1.165) is 11.3 Å². The molecule has 23 heavy (non-hydrogen) atoms. The average molecular weight is 335 g/mol. The molecule has 3 aromatic rings. The van der Waals surface area contributed by atoms with E-state index in [1.807, 2.05) is 19.0 Å². The summed E-state index contributed by atoms with van der Waals surface area (Å²) in [5, 5.41) is 0.0366. The van der Waals surface area contributed by atoms with Crippen LogP contribution in [0.25, 0.3) is 16.8 Å². The summed E-state index contributed by atoms with van der Waals surface area (Å²) in [5.74, 6) is -0.479. The summed E-state index contributed by atoms with van der Waals surface area (Å²) in [6, 6.07) is 4.47. The highest BCUT2D eigenvalue weighted by Gasteiger charge is 2.14. The molecule has 0 atom stereocenters. The monoisotopic (exact) mass is 334 g/mol. The van der Waals surface area contributed by atoms with E-state index in [2.05, 4.69) is 4.98 Å². The Morgan fingerprint density at radius 1 is 1.30 bits per heavy atom. The molecule has 5 nitrogen and oxygen atoms in total. The largest absolute Gasteiger partial charge is 0.333 e. The molecule has 0 unspecified atom stereocenters. The van der Waals surface area contributed by atoms with Gasteiger partial charge in [0.25, 0.3) is 0 Å². The molecule has 0 radical (unpaired) electrons. The number of hydrogen-bond donors (Lipinski definition) is 0. The summed E-state index contributed by atoms with van der Waals surface area (Å²) in [4.78, 5) is 18.8. The second-order valence-corrected chi connectivity index (χ2v) is 6.14. The van der Waals surface area contributed by atoms with Crippen molar-refractivity contribution < 1.29 is 4.39 Å². The van der Waals surface area contributed by atoms with E-state index < -0.39 is 5.82 Å². The summed E-state index contributed by atoms with van der Waals surface area (Å²) in [5.41, 5.74) is 2.56. The molecule has 2 aromatic heterocycles. The van der Waals surface area contributed by atoms with E-state index in [9.17, 15) is 9.18 Å². The number of aromatic nitrogens is 3. The maximum absolute atomic E-state index is 13.4. The molecule has 0 spiro atoms. The van der Waals surface area contributed by atoms with Crippen molar-refractivity contribution >= 4 is 17.2 Å². The standard InChI is InChI=1S/C16H16ClFN4O/c1-20(2)7-11-8-22-15(19-11)12(9-21(3)16(22)23)10-4-5-14(18)13(17)6-10/h4-6,8-9H,7H2,1-3H3. The molecule has 7 heteroatoms. The lowest BCUT2D eigenvalue weighted by Crippen LogP contribution is -2.23. The number of fused-ring (bicyclic) bond motifs is 1. The molecule has 0 fully saturated rings. The summed E-state index contributed by atoms with van der Waals surface area (Å²) in [6.45, 7) is 0.619. The minimum Gasteiger partial charge on any atom is -0.304 e. The van der Waals surface area contributed by atoms with Crippen LogP contribution in [-0.4, -0.2) is 32.9 Å². The number of hydrogen-bond acceptors (Lipinski definition) is 3.